The summed E-state index contributed by atoms with van der Waals surface area (Å²) in [5, 5.41) is 0. The van der Waals surface area contributed by atoms with Crippen LogP contribution in [0.15, 0.2) is 16.3 Å². The Morgan fingerprint density at radius 1 is 1.29 bits per heavy atom. The summed E-state index contributed by atoms with van der Waals surface area (Å²) in [7, 11) is -3.43. The van der Waals surface area contributed by atoms with Crippen LogP contribution in [0.25, 0.3) is 0 Å². The van der Waals surface area contributed by atoms with E-state index < -0.39 is 10.0 Å². The Balaban J connectivity index is 2.16. The fraction of sp³-hybridized carbons (Fsp3) is 0.733. The smallest absolute Gasteiger partial charge is 0.250 e. The minimum absolute atomic E-state index is 0.0195. The second kappa shape index (κ2) is 6.36. The van der Waals surface area contributed by atoms with Crippen molar-refractivity contribution in [1.82, 2.24) is 4.72 Å². The highest BCUT2D eigenvalue weighted by Gasteiger charge is 2.30. The molecule has 2 unspecified atom stereocenters. The van der Waals surface area contributed by atoms with Crippen LogP contribution in [0.5, 0.6) is 0 Å². The molecule has 3 N–H and O–H groups in total. The molecule has 4 nitrogen and oxygen atoms in total. The zero-order valence-corrected chi connectivity index (χ0v) is 14.7. The normalized spacial score (nSPS) is 24.2. The third kappa shape index (κ3) is 4.06. The van der Waals surface area contributed by atoms with Gasteiger partial charge in [0.2, 0.25) is 10.0 Å². The van der Waals surface area contributed by atoms with Gasteiger partial charge in [0.1, 0.15) is 4.21 Å². The van der Waals surface area contributed by atoms with Crippen LogP contribution < -0.4 is 10.5 Å². The monoisotopic (exact) mass is 330 g/mol. The number of rotatable bonds is 4. The fourth-order valence-electron chi connectivity index (χ4n) is 2.77. The van der Waals surface area contributed by atoms with Gasteiger partial charge >= 0.3 is 0 Å². The molecule has 1 aromatic heterocycles. The molecule has 1 heterocycles. The van der Waals surface area contributed by atoms with Gasteiger partial charge in [0.25, 0.3) is 0 Å². The minimum atomic E-state index is -3.43. The highest BCUT2D eigenvalue weighted by Crippen LogP contribution is 2.32. The quantitative estimate of drug-likeness (QED) is 0.891. The topological polar surface area (TPSA) is 72.2 Å². The van der Waals surface area contributed by atoms with Crippen molar-refractivity contribution in [2.24, 2.45) is 11.7 Å². The van der Waals surface area contributed by atoms with Crippen LogP contribution in [-0.2, 0) is 15.4 Å². The number of hydrogen-bond acceptors (Lipinski definition) is 4. The van der Waals surface area contributed by atoms with E-state index in [0.717, 1.165) is 30.6 Å². The van der Waals surface area contributed by atoms with E-state index in [1.165, 1.54) is 11.3 Å². The van der Waals surface area contributed by atoms with Crippen LogP contribution in [0.3, 0.4) is 0 Å². The zero-order valence-electron chi connectivity index (χ0n) is 13.1. The summed E-state index contributed by atoms with van der Waals surface area (Å²) in [6, 6.07) is 3.61. The summed E-state index contributed by atoms with van der Waals surface area (Å²) in [4.78, 5) is 1.09. The fourth-order valence-corrected chi connectivity index (χ4v) is 5.49. The zero-order chi connectivity index (χ0) is 15.7. The van der Waals surface area contributed by atoms with Gasteiger partial charge < -0.3 is 5.73 Å². The molecular formula is C15H26N2O2S2. The van der Waals surface area contributed by atoms with Gasteiger partial charge in [0, 0.05) is 10.9 Å². The lowest BCUT2D eigenvalue weighted by Crippen LogP contribution is -2.44. The maximum atomic E-state index is 12.6. The van der Waals surface area contributed by atoms with Crippen molar-refractivity contribution in [3.8, 4) is 0 Å². The van der Waals surface area contributed by atoms with Crippen molar-refractivity contribution in [1.29, 1.82) is 0 Å². The third-order valence-electron chi connectivity index (χ3n) is 4.10. The van der Waals surface area contributed by atoms with E-state index in [1.54, 1.807) is 6.07 Å². The van der Waals surface area contributed by atoms with Crippen molar-refractivity contribution >= 4 is 21.4 Å². The lowest BCUT2D eigenvalue weighted by molar-refractivity contribution is 0.296. The summed E-state index contributed by atoms with van der Waals surface area (Å²) in [6.45, 7) is 6.82. The molecule has 0 amide bonds. The highest BCUT2D eigenvalue weighted by atomic mass is 32.2. The lowest BCUT2D eigenvalue weighted by Gasteiger charge is -2.30. The average molecular weight is 331 g/mol. The molecule has 0 bridgehead atoms. The van der Waals surface area contributed by atoms with Crippen molar-refractivity contribution in [3.63, 3.8) is 0 Å². The molecule has 120 valence electrons. The van der Waals surface area contributed by atoms with Gasteiger partial charge in [-0.1, -0.05) is 33.6 Å². The van der Waals surface area contributed by atoms with E-state index in [2.05, 4.69) is 25.5 Å². The van der Waals surface area contributed by atoms with Crippen LogP contribution in [0.4, 0.5) is 0 Å². The molecular weight excluding hydrogens is 304 g/mol. The Morgan fingerprint density at radius 3 is 2.52 bits per heavy atom. The summed E-state index contributed by atoms with van der Waals surface area (Å²) < 4.78 is 28.4. The van der Waals surface area contributed by atoms with Gasteiger partial charge in [-0.05, 0) is 42.9 Å². The average Bonchev–Trinajstić information content (AvgIpc) is 2.89. The summed E-state index contributed by atoms with van der Waals surface area (Å²) in [6.07, 6.45) is 4.12. The Hall–Kier alpha value is -0.430. The highest BCUT2D eigenvalue weighted by molar-refractivity contribution is 7.91. The Kier molecular flexibility index (Phi) is 5.13. The molecule has 2 atom stereocenters. The summed E-state index contributed by atoms with van der Waals surface area (Å²) in [5.41, 5.74) is 5.76. The van der Waals surface area contributed by atoms with Crippen LogP contribution in [0.2, 0.25) is 0 Å². The van der Waals surface area contributed by atoms with E-state index in [9.17, 15) is 8.42 Å². The lowest BCUT2D eigenvalue weighted by atomic mass is 9.85. The van der Waals surface area contributed by atoms with Crippen molar-refractivity contribution < 1.29 is 8.42 Å². The van der Waals surface area contributed by atoms with Crippen molar-refractivity contribution in [2.45, 2.75) is 62.1 Å². The van der Waals surface area contributed by atoms with E-state index in [-0.39, 0.29) is 17.4 Å². The molecule has 0 aromatic carbocycles. The summed E-state index contributed by atoms with van der Waals surface area (Å²) in [5.74, 6) is 0.260. The van der Waals surface area contributed by atoms with Gasteiger partial charge in [-0.25, -0.2) is 13.1 Å². The number of hydrogen-bond donors (Lipinski definition) is 2. The second-order valence-electron chi connectivity index (χ2n) is 6.88. The van der Waals surface area contributed by atoms with Crippen LogP contribution in [0.1, 0.15) is 51.3 Å². The maximum absolute atomic E-state index is 12.6. The van der Waals surface area contributed by atoms with E-state index in [0.29, 0.717) is 10.8 Å². The standard InChI is InChI=1S/C15H26N2O2S2/c1-15(2,3)13-8-9-14(20-13)21(18,19)17-12-7-5-4-6-11(12)10-16/h8-9,11-12,17H,4-7,10,16H2,1-3H3. The van der Waals surface area contributed by atoms with E-state index >= 15 is 0 Å². The first-order chi connectivity index (χ1) is 9.74. The number of nitrogens with one attached hydrogen (secondary N) is 1. The molecule has 1 saturated carbocycles. The predicted molar refractivity (Wildman–Crippen MR) is 88.1 cm³/mol. The van der Waals surface area contributed by atoms with Crippen molar-refractivity contribution in [3.05, 3.63) is 17.0 Å². The first kappa shape index (κ1) is 16.9. The number of sulfonamides is 1. The molecule has 21 heavy (non-hydrogen) atoms. The molecule has 1 aromatic rings. The van der Waals surface area contributed by atoms with E-state index in [4.69, 9.17) is 5.73 Å². The summed E-state index contributed by atoms with van der Waals surface area (Å²) >= 11 is 1.36. The first-order valence-corrected chi connectivity index (χ1v) is 9.87. The van der Waals surface area contributed by atoms with Gasteiger partial charge in [0.05, 0.1) is 0 Å². The Morgan fingerprint density at radius 2 is 1.95 bits per heavy atom. The molecule has 0 saturated heterocycles. The molecule has 0 spiro atoms. The first-order valence-electron chi connectivity index (χ1n) is 7.57. The Labute approximate surface area is 132 Å². The van der Waals surface area contributed by atoms with Crippen LogP contribution in [0, 0.1) is 5.92 Å². The van der Waals surface area contributed by atoms with Gasteiger partial charge in [-0.2, -0.15) is 0 Å². The van der Waals surface area contributed by atoms with Crippen LogP contribution in [-0.4, -0.2) is 21.0 Å². The second-order valence-corrected chi connectivity index (χ2v) is 9.90. The number of nitrogens with two attached hydrogens (primary N) is 1. The van der Waals surface area contributed by atoms with Gasteiger partial charge in [-0.15, -0.1) is 11.3 Å². The number of thiophene rings is 1. The molecule has 2 rings (SSSR count). The predicted octanol–water partition coefficient (Wildman–Crippen LogP) is 2.84. The minimum Gasteiger partial charge on any atom is -0.330 e. The van der Waals surface area contributed by atoms with Gasteiger partial charge in [-0.3, -0.25) is 0 Å². The largest absolute Gasteiger partial charge is 0.330 e. The molecule has 1 fully saturated rings. The molecule has 6 heteroatoms. The molecule has 1 aliphatic carbocycles. The third-order valence-corrected chi connectivity index (χ3v) is 7.60. The van der Waals surface area contributed by atoms with E-state index in [1.807, 2.05) is 6.07 Å². The molecule has 1 aliphatic rings. The molecule has 0 aliphatic heterocycles. The van der Waals surface area contributed by atoms with Crippen LogP contribution >= 0.6 is 11.3 Å². The molecule has 0 radical (unpaired) electrons. The Bertz CT molecular complexity index is 573. The SMILES string of the molecule is CC(C)(C)c1ccc(S(=O)(=O)NC2CCCCC2CN)s1. The maximum Gasteiger partial charge on any atom is 0.250 e. The van der Waals surface area contributed by atoms with Gasteiger partial charge in [0.15, 0.2) is 0 Å². The van der Waals surface area contributed by atoms with Crippen molar-refractivity contribution in [2.75, 3.05) is 6.54 Å².